The maximum absolute atomic E-state index is 13.4. The number of amides is 1. The zero-order chi connectivity index (χ0) is 19.4. The van der Waals surface area contributed by atoms with Gasteiger partial charge < -0.3 is 14.0 Å². The highest BCUT2D eigenvalue weighted by molar-refractivity contribution is 7.16. The Morgan fingerprint density at radius 1 is 1.22 bits per heavy atom. The predicted octanol–water partition coefficient (Wildman–Crippen LogP) is 3.15. The van der Waals surface area contributed by atoms with Crippen molar-refractivity contribution in [2.75, 3.05) is 13.7 Å². The third kappa shape index (κ3) is 4.22. The summed E-state index contributed by atoms with van der Waals surface area (Å²) in [5.41, 5.74) is 0.854. The lowest BCUT2D eigenvalue weighted by molar-refractivity contribution is -0.143. The van der Waals surface area contributed by atoms with Crippen molar-refractivity contribution in [2.45, 2.75) is 13.5 Å². The zero-order valence-electron chi connectivity index (χ0n) is 14.8. The normalized spacial score (nSPS) is 11.6. The van der Waals surface area contributed by atoms with Crippen LogP contribution < -0.4 is 9.54 Å². The van der Waals surface area contributed by atoms with Crippen LogP contribution in [-0.2, 0) is 16.1 Å². The Balaban J connectivity index is 2.11. The SMILES string of the molecule is CCOC(=O)Cn1c(=NC(=O)c2cccc(F)c2)sc2cc(OC)ccc21. The van der Waals surface area contributed by atoms with Crippen molar-refractivity contribution in [2.24, 2.45) is 4.99 Å². The van der Waals surface area contributed by atoms with Crippen LogP contribution in [-0.4, -0.2) is 30.2 Å². The standard InChI is InChI=1S/C19H17FN2O4S/c1-3-26-17(23)11-22-15-8-7-14(25-2)10-16(15)27-19(22)21-18(24)12-5-4-6-13(20)9-12/h4-10H,3,11H2,1-2H3. The highest BCUT2D eigenvalue weighted by Gasteiger charge is 2.14. The number of aromatic nitrogens is 1. The van der Waals surface area contributed by atoms with Gasteiger partial charge in [0.15, 0.2) is 4.80 Å². The number of hydrogen-bond acceptors (Lipinski definition) is 5. The monoisotopic (exact) mass is 388 g/mol. The Hall–Kier alpha value is -3.00. The molecule has 0 unspecified atom stereocenters. The molecule has 8 heteroatoms. The molecule has 0 saturated carbocycles. The number of carbonyl (C=O) groups excluding carboxylic acids is 2. The first-order valence-electron chi connectivity index (χ1n) is 8.19. The number of carbonyl (C=O) groups is 2. The topological polar surface area (TPSA) is 69.9 Å². The predicted molar refractivity (Wildman–Crippen MR) is 99.3 cm³/mol. The lowest BCUT2D eigenvalue weighted by Crippen LogP contribution is -2.23. The molecule has 1 aromatic heterocycles. The van der Waals surface area contributed by atoms with E-state index in [1.165, 1.54) is 29.5 Å². The smallest absolute Gasteiger partial charge is 0.326 e. The van der Waals surface area contributed by atoms with Crippen LogP contribution in [0.15, 0.2) is 47.5 Å². The molecule has 1 heterocycles. The van der Waals surface area contributed by atoms with Crippen molar-refractivity contribution in [1.29, 1.82) is 0 Å². The van der Waals surface area contributed by atoms with E-state index in [0.29, 0.717) is 10.6 Å². The summed E-state index contributed by atoms with van der Waals surface area (Å²) >= 11 is 1.23. The second-order valence-corrected chi connectivity index (χ2v) is 6.55. The summed E-state index contributed by atoms with van der Waals surface area (Å²) < 4.78 is 26.0. The maximum atomic E-state index is 13.4. The van der Waals surface area contributed by atoms with Crippen LogP contribution >= 0.6 is 11.3 Å². The number of halogens is 1. The number of hydrogen-bond donors (Lipinski definition) is 0. The first-order valence-corrected chi connectivity index (χ1v) is 9.01. The number of benzene rings is 2. The quantitative estimate of drug-likeness (QED) is 0.630. The summed E-state index contributed by atoms with van der Waals surface area (Å²) in [5, 5.41) is 0. The molecule has 0 N–H and O–H groups in total. The Kier molecular flexibility index (Phi) is 5.66. The van der Waals surface area contributed by atoms with Gasteiger partial charge in [-0.3, -0.25) is 9.59 Å². The number of methoxy groups -OCH3 is 1. The second-order valence-electron chi connectivity index (χ2n) is 5.54. The summed E-state index contributed by atoms with van der Waals surface area (Å²) in [6.07, 6.45) is 0. The fraction of sp³-hybridized carbons (Fsp3) is 0.211. The third-order valence-corrected chi connectivity index (χ3v) is 4.79. The summed E-state index contributed by atoms with van der Waals surface area (Å²) in [7, 11) is 1.56. The van der Waals surface area contributed by atoms with Crippen LogP contribution in [0.3, 0.4) is 0 Å². The Morgan fingerprint density at radius 3 is 2.74 bits per heavy atom. The van der Waals surface area contributed by atoms with E-state index < -0.39 is 17.7 Å². The van der Waals surface area contributed by atoms with Gasteiger partial charge in [0, 0.05) is 5.56 Å². The van der Waals surface area contributed by atoms with E-state index in [1.807, 2.05) is 0 Å². The molecule has 1 amide bonds. The molecule has 140 valence electrons. The first kappa shape index (κ1) is 18.8. The molecule has 0 radical (unpaired) electrons. The highest BCUT2D eigenvalue weighted by Crippen LogP contribution is 2.23. The largest absolute Gasteiger partial charge is 0.497 e. The molecule has 3 aromatic rings. The third-order valence-electron chi connectivity index (χ3n) is 3.75. The summed E-state index contributed by atoms with van der Waals surface area (Å²) in [6, 6.07) is 10.7. The van der Waals surface area contributed by atoms with Crippen molar-refractivity contribution in [1.82, 2.24) is 4.57 Å². The molecule has 27 heavy (non-hydrogen) atoms. The zero-order valence-corrected chi connectivity index (χ0v) is 15.6. The average Bonchev–Trinajstić information content (AvgIpc) is 2.98. The molecule has 0 bridgehead atoms. The minimum absolute atomic E-state index is 0.0879. The van der Waals surface area contributed by atoms with Gasteiger partial charge >= 0.3 is 5.97 Å². The lowest BCUT2D eigenvalue weighted by atomic mass is 10.2. The van der Waals surface area contributed by atoms with E-state index in [2.05, 4.69) is 4.99 Å². The Bertz CT molecular complexity index is 1070. The average molecular weight is 388 g/mol. The molecule has 6 nitrogen and oxygen atoms in total. The van der Waals surface area contributed by atoms with Crippen LogP contribution in [0.2, 0.25) is 0 Å². The summed E-state index contributed by atoms with van der Waals surface area (Å²) in [5.74, 6) is -0.898. The molecular weight excluding hydrogens is 371 g/mol. The van der Waals surface area contributed by atoms with Gasteiger partial charge in [0.1, 0.15) is 18.1 Å². The van der Waals surface area contributed by atoms with Crippen molar-refractivity contribution in [3.05, 3.63) is 58.6 Å². The molecule has 0 aliphatic carbocycles. The van der Waals surface area contributed by atoms with E-state index in [-0.39, 0.29) is 18.7 Å². The molecule has 0 saturated heterocycles. The fourth-order valence-electron chi connectivity index (χ4n) is 2.53. The van der Waals surface area contributed by atoms with Gasteiger partial charge in [-0.15, -0.1) is 0 Å². The lowest BCUT2D eigenvalue weighted by Gasteiger charge is -2.05. The van der Waals surface area contributed by atoms with Crippen molar-refractivity contribution < 1.29 is 23.5 Å². The molecule has 0 aliphatic heterocycles. The Morgan fingerprint density at radius 2 is 2.04 bits per heavy atom. The number of esters is 1. The molecule has 0 fully saturated rings. The van der Waals surface area contributed by atoms with Crippen LogP contribution in [0.1, 0.15) is 17.3 Å². The Labute approximate surface area is 158 Å². The molecule has 0 spiro atoms. The molecule has 0 atom stereocenters. The molecule has 0 aliphatic rings. The van der Waals surface area contributed by atoms with E-state index in [9.17, 15) is 14.0 Å². The van der Waals surface area contributed by atoms with Gasteiger partial charge in [-0.2, -0.15) is 4.99 Å². The van der Waals surface area contributed by atoms with E-state index in [4.69, 9.17) is 9.47 Å². The van der Waals surface area contributed by atoms with Gasteiger partial charge in [-0.1, -0.05) is 17.4 Å². The van der Waals surface area contributed by atoms with E-state index >= 15 is 0 Å². The molecule has 2 aromatic carbocycles. The van der Waals surface area contributed by atoms with Crippen LogP contribution in [0.4, 0.5) is 4.39 Å². The van der Waals surface area contributed by atoms with E-state index in [1.54, 1.807) is 36.8 Å². The maximum Gasteiger partial charge on any atom is 0.326 e. The van der Waals surface area contributed by atoms with Crippen molar-refractivity contribution in [3.8, 4) is 5.75 Å². The van der Waals surface area contributed by atoms with Gasteiger partial charge in [-0.05, 0) is 43.3 Å². The highest BCUT2D eigenvalue weighted by atomic mass is 32.1. The first-order chi connectivity index (χ1) is 13.0. The van der Waals surface area contributed by atoms with E-state index in [0.717, 1.165) is 16.3 Å². The number of rotatable bonds is 5. The van der Waals surface area contributed by atoms with Crippen LogP contribution in [0.25, 0.3) is 10.2 Å². The van der Waals surface area contributed by atoms with Crippen molar-refractivity contribution in [3.63, 3.8) is 0 Å². The number of fused-ring (bicyclic) bond motifs is 1. The number of nitrogens with zero attached hydrogens (tertiary/aromatic N) is 2. The van der Waals surface area contributed by atoms with Crippen LogP contribution in [0.5, 0.6) is 5.75 Å². The van der Waals surface area contributed by atoms with Gasteiger partial charge in [-0.25, -0.2) is 4.39 Å². The van der Waals surface area contributed by atoms with Gasteiger partial charge in [0.05, 0.1) is 23.9 Å². The second kappa shape index (κ2) is 8.13. The summed E-state index contributed by atoms with van der Waals surface area (Å²) in [6.45, 7) is 1.89. The fourth-order valence-corrected chi connectivity index (χ4v) is 3.58. The summed E-state index contributed by atoms with van der Waals surface area (Å²) in [4.78, 5) is 28.9. The minimum atomic E-state index is -0.592. The number of ether oxygens (including phenoxy) is 2. The van der Waals surface area contributed by atoms with Crippen molar-refractivity contribution >= 4 is 33.4 Å². The van der Waals surface area contributed by atoms with Gasteiger partial charge in [0.2, 0.25) is 0 Å². The minimum Gasteiger partial charge on any atom is -0.497 e. The molecular formula is C19H17FN2O4S. The van der Waals surface area contributed by atoms with Crippen LogP contribution in [0, 0.1) is 5.82 Å². The number of thiazole rings is 1. The van der Waals surface area contributed by atoms with Gasteiger partial charge in [0.25, 0.3) is 5.91 Å². The molecule has 3 rings (SSSR count).